The van der Waals surface area contributed by atoms with Gasteiger partial charge in [0.2, 0.25) is 0 Å². The van der Waals surface area contributed by atoms with Gasteiger partial charge in [-0.25, -0.2) is 0 Å². The van der Waals surface area contributed by atoms with Crippen molar-refractivity contribution in [3.05, 3.63) is 0 Å². The number of nitrogens with zero attached hydrogens (tertiary/aromatic N) is 1. The number of methoxy groups -OCH3 is 1. The maximum atomic E-state index is 5.44. The van der Waals surface area contributed by atoms with Gasteiger partial charge in [0.25, 0.3) is 0 Å². The lowest BCUT2D eigenvalue weighted by molar-refractivity contribution is 0.0124. The van der Waals surface area contributed by atoms with Crippen molar-refractivity contribution in [3.8, 4) is 0 Å². The van der Waals surface area contributed by atoms with Crippen molar-refractivity contribution in [2.75, 3.05) is 20.2 Å². The molecule has 2 nitrogen and oxygen atoms in total. The first-order chi connectivity index (χ1) is 5.07. The Morgan fingerprint density at radius 1 is 1.45 bits per heavy atom. The molecule has 1 rings (SSSR count). The molecule has 1 heterocycles. The van der Waals surface area contributed by atoms with Gasteiger partial charge in [-0.05, 0) is 27.2 Å². The van der Waals surface area contributed by atoms with Crippen LogP contribution in [0.2, 0.25) is 0 Å². The van der Waals surface area contributed by atoms with E-state index in [1.807, 2.05) is 7.11 Å². The Morgan fingerprint density at radius 3 is 2.36 bits per heavy atom. The predicted octanol–water partition coefficient (Wildman–Crippen LogP) is 1.51. The molecule has 0 spiro atoms. The van der Waals surface area contributed by atoms with E-state index in [4.69, 9.17) is 4.74 Å². The number of rotatable bonds is 2. The second kappa shape index (κ2) is 3.11. The molecule has 0 aliphatic carbocycles. The minimum atomic E-state index is 0.115. The Morgan fingerprint density at radius 2 is 2.09 bits per heavy atom. The van der Waals surface area contributed by atoms with Gasteiger partial charge in [-0.2, -0.15) is 0 Å². The zero-order valence-corrected chi connectivity index (χ0v) is 8.05. The van der Waals surface area contributed by atoms with Gasteiger partial charge in [0.1, 0.15) is 0 Å². The summed E-state index contributed by atoms with van der Waals surface area (Å²) in [6, 6.07) is 0.659. The van der Waals surface area contributed by atoms with E-state index in [-0.39, 0.29) is 5.60 Å². The third-order valence-electron chi connectivity index (χ3n) is 2.69. The van der Waals surface area contributed by atoms with Gasteiger partial charge < -0.3 is 4.74 Å². The molecule has 11 heavy (non-hydrogen) atoms. The Kier molecular flexibility index (Phi) is 2.55. The molecule has 0 N–H and O–H groups in total. The van der Waals surface area contributed by atoms with E-state index in [1.165, 1.54) is 13.0 Å². The normalized spacial score (nSPS) is 33.5. The van der Waals surface area contributed by atoms with Crippen LogP contribution in [0, 0.1) is 0 Å². The molecule has 1 fully saturated rings. The predicted molar refractivity (Wildman–Crippen MR) is 46.7 cm³/mol. The summed E-state index contributed by atoms with van der Waals surface area (Å²) < 4.78 is 5.44. The molecule has 0 radical (unpaired) electrons. The van der Waals surface area contributed by atoms with E-state index in [0.29, 0.717) is 6.04 Å². The molecular formula is C9H19NO. The van der Waals surface area contributed by atoms with Gasteiger partial charge in [0.05, 0.1) is 5.60 Å². The molecule has 1 aliphatic rings. The fourth-order valence-corrected chi connectivity index (χ4v) is 1.58. The van der Waals surface area contributed by atoms with Gasteiger partial charge in [0, 0.05) is 26.2 Å². The highest BCUT2D eigenvalue weighted by atomic mass is 16.5. The Hall–Kier alpha value is -0.0800. The zero-order chi connectivity index (χ0) is 8.48. The van der Waals surface area contributed by atoms with Crippen molar-refractivity contribution < 1.29 is 4.74 Å². The maximum absolute atomic E-state index is 5.44. The maximum Gasteiger partial charge on any atom is 0.0789 e. The van der Waals surface area contributed by atoms with Crippen LogP contribution in [-0.4, -0.2) is 36.7 Å². The molecule has 1 saturated heterocycles. The van der Waals surface area contributed by atoms with E-state index >= 15 is 0 Å². The quantitative estimate of drug-likeness (QED) is 0.602. The van der Waals surface area contributed by atoms with Crippen LogP contribution >= 0.6 is 0 Å². The van der Waals surface area contributed by atoms with Crippen LogP contribution in [-0.2, 0) is 4.74 Å². The summed E-state index contributed by atoms with van der Waals surface area (Å²) in [6.07, 6.45) is 1.17. The van der Waals surface area contributed by atoms with E-state index in [1.54, 1.807) is 0 Å². The molecule has 0 saturated carbocycles. The summed E-state index contributed by atoms with van der Waals surface area (Å²) in [5.41, 5.74) is 0.115. The van der Waals surface area contributed by atoms with Crippen molar-refractivity contribution in [1.29, 1.82) is 0 Å². The smallest absolute Gasteiger partial charge is 0.0789 e. The first-order valence-electron chi connectivity index (χ1n) is 4.36. The first kappa shape index (κ1) is 9.01. The summed E-state index contributed by atoms with van der Waals surface area (Å²) in [5.74, 6) is 0. The highest BCUT2D eigenvalue weighted by molar-refractivity contribution is 4.88. The largest absolute Gasteiger partial charge is 0.377 e. The topological polar surface area (TPSA) is 12.5 Å². The second-order valence-corrected chi connectivity index (χ2v) is 3.97. The summed E-state index contributed by atoms with van der Waals surface area (Å²) in [4.78, 5) is 2.46. The highest BCUT2D eigenvalue weighted by Gasteiger charge is 2.34. The molecule has 1 atom stereocenters. The van der Waals surface area contributed by atoms with Crippen LogP contribution in [0.3, 0.4) is 0 Å². The molecule has 0 aromatic rings. The molecule has 66 valence electrons. The number of hydrogen-bond donors (Lipinski definition) is 0. The van der Waals surface area contributed by atoms with Crippen molar-refractivity contribution in [1.82, 2.24) is 4.90 Å². The fraction of sp³-hybridized carbons (Fsp3) is 1.00. The van der Waals surface area contributed by atoms with Crippen LogP contribution in [0.25, 0.3) is 0 Å². The average Bonchev–Trinajstić information content (AvgIpc) is 2.33. The highest BCUT2D eigenvalue weighted by Crippen LogP contribution is 2.25. The Bertz CT molecular complexity index is 136. The van der Waals surface area contributed by atoms with Crippen molar-refractivity contribution in [2.45, 2.75) is 38.8 Å². The van der Waals surface area contributed by atoms with Crippen LogP contribution in [0.4, 0.5) is 0 Å². The van der Waals surface area contributed by atoms with Crippen LogP contribution in [0.1, 0.15) is 27.2 Å². The Labute approximate surface area is 69.5 Å². The minimum absolute atomic E-state index is 0.115. The summed E-state index contributed by atoms with van der Waals surface area (Å²) >= 11 is 0. The molecule has 1 unspecified atom stereocenters. The standard InChI is InChI=1S/C9H19NO/c1-8(2)10-6-5-9(3,7-10)11-4/h8H,5-7H2,1-4H3. The number of ether oxygens (including phenoxy) is 1. The molecule has 0 amide bonds. The minimum Gasteiger partial charge on any atom is -0.377 e. The van der Waals surface area contributed by atoms with Crippen LogP contribution in [0.15, 0.2) is 0 Å². The number of likely N-dealkylation sites (tertiary alicyclic amines) is 1. The molecule has 2 heteroatoms. The molecule has 1 aliphatic heterocycles. The van der Waals surface area contributed by atoms with Gasteiger partial charge in [0.15, 0.2) is 0 Å². The first-order valence-corrected chi connectivity index (χ1v) is 4.36. The van der Waals surface area contributed by atoms with E-state index in [2.05, 4.69) is 25.7 Å². The van der Waals surface area contributed by atoms with Gasteiger partial charge in [-0.15, -0.1) is 0 Å². The van der Waals surface area contributed by atoms with Crippen molar-refractivity contribution in [3.63, 3.8) is 0 Å². The summed E-state index contributed by atoms with van der Waals surface area (Å²) in [6.45, 7) is 8.93. The molecule has 0 bridgehead atoms. The number of hydrogen-bond acceptors (Lipinski definition) is 2. The second-order valence-electron chi connectivity index (χ2n) is 3.97. The fourth-order valence-electron chi connectivity index (χ4n) is 1.58. The lowest BCUT2D eigenvalue weighted by atomic mass is 10.1. The third kappa shape index (κ3) is 1.94. The van der Waals surface area contributed by atoms with E-state index in [0.717, 1.165) is 6.54 Å². The van der Waals surface area contributed by atoms with E-state index in [9.17, 15) is 0 Å². The van der Waals surface area contributed by atoms with Gasteiger partial charge in [-0.3, -0.25) is 4.90 Å². The van der Waals surface area contributed by atoms with Gasteiger partial charge >= 0.3 is 0 Å². The lowest BCUT2D eigenvalue weighted by Crippen LogP contribution is -2.35. The van der Waals surface area contributed by atoms with Crippen molar-refractivity contribution in [2.24, 2.45) is 0 Å². The van der Waals surface area contributed by atoms with Gasteiger partial charge in [-0.1, -0.05) is 0 Å². The molecule has 0 aromatic heterocycles. The SMILES string of the molecule is COC1(C)CCN(C(C)C)C1. The third-order valence-corrected chi connectivity index (χ3v) is 2.69. The average molecular weight is 157 g/mol. The van der Waals surface area contributed by atoms with E-state index < -0.39 is 0 Å². The monoisotopic (exact) mass is 157 g/mol. The summed E-state index contributed by atoms with van der Waals surface area (Å²) in [5, 5.41) is 0. The molecule has 0 aromatic carbocycles. The molecular weight excluding hydrogens is 138 g/mol. The van der Waals surface area contributed by atoms with Crippen LogP contribution in [0.5, 0.6) is 0 Å². The van der Waals surface area contributed by atoms with Crippen LogP contribution < -0.4 is 0 Å². The Balaban J connectivity index is 2.46. The lowest BCUT2D eigenvalue weighted by Gasteiger charge is -2.25. The zero-order valence-electron chi connectivity index (χ0n) is 8.05. The van der Waals surface area contributed by atoms with Crippen molar-refractivity contribution >= 4 is 0 Å². The summed E-state index contributed by atoms with van der Waals surface area (Å²) in [7, 11) is 1.81.